The van der Waals surface area contributed by atoms with Gasteiger partial charge in [-0.15, -0.1) is 0 Å². The Kier molecular flexibility index (Phi) is 4.19. The molecule has 0 saturated heterocycles. The van der Waals surface area contributed by atoms with Crippen molar-refractivity contribution in [2.24, 2.45) is 5.92 Å². The van der Waals surface area contributed by atoms with Gasteiger partial charge in [0.25, 0.3) is 0 Å². The van der Waals surface area contributed by atoms with Crippen LogP contribution >= 0.6 is 0 Å². The third-order valence-electron chi connectivity index (χ3n) is 3.80. The fourth-order valence-electron chi connectivity index (χ4n) is 2.82. The molecule has 16 heavy (non-hydrogen) atoms. The number of allylic oxidation sites excluding steroid dienone is 1. The third-order valence-corrected chi connectivity index (χ3v) is 3.80. The van der Waals surface area contributed by atoms with Crippen molar-refractivity contribution in [2.75, 3.05) is 6.61 Å². The van der Waals surface area contributed by atoms with Gasteiger partial charge in [-0.2, -0.15) is 0 Å². The van der Waals surface area contributed by atoms with Gasteiger partial charge in [0.15, 0.2) is 0 Å². The molecule has 0 radical (unpaired) electrons. The highest BCUT2D eigenvalue weighted by Gasteiger charge is 2.24. The number of aliphatic hydroxyl groups excluding tert-OH is 2. The van der Waals surface area contributed by atoms with E-state index < -0.39 is 0 Å². The fourth-order valence-corrected chi connectivity index (χ4v) is 2.82. The maximum absolute atomic E-state index is 10.3. The van der Waals surface area contributed by atoms with Crippen LogP contribution in [0.25, 0.3) is 0 Å². The van der Waals surface area contributed by atoms with Gasteiger partial charge in [0.05, 0.1) is 12.7 Å². The fraction of sp³-hybridized carbons (Fsp3) is 0.714. The van der Waals surface area contributed by atoms with Crippen LogP contribution in [0, 0.1) is 5.92 Å². The van der Waals surface area contributed by atoms with Gasteiger partial charge >= 0.3 is 0 Å². The lowest BCUT2D eigenvalue weighted by molar-refractivity contribution is 0.148. The molecule has 2 aliphatic rings. The summed E-state index contributed by atoms with van der Waals surface area (Å²) < 4.78 is 0. The molecule has 0 saturated carbocycles. The maximum Gasteiger partial charge on any atom is 0.0812 e. The van der Waals surface area contributed by atoms with E-state index in [1.807, 2.05) is 0 Å². The van der Waals surface area contributed by atoms with E-state index in [0.717, 1.165) is 37.7 Å². The Morgan fingerprint density at radius 2 is 2.12 bits per heavy atom. The minimum absolute atomic E-state index is 0.155. The van der Waals surface area contributed by atoms with Crippen molar-refractivity contribution in [3.05, 3.63) is 23.3 Å². The number of hydrogen-bond donors (Lipinski definition) is 2. The first kappa shape index (κ1) is 11.9. The number of aliphatic hydroxyl groups is 2. The van der Waals surface area contributed by atoms with Gasteiger partial charge in [-0.25, -0.2) is 0 Å². The Balaban J connectivity index is 2.03. The second-order valence-corrected chi connectivity index (χ2v) is 5.01. The molecule has 0 bridgehead atoms. The Morgan fingerprint density at radius 1 is 1.25 bits per heavy atom. The minimum atomic E-state index is -0.304. The zero-order valence-corrected chi connectivity index (χ0v) is 9.86. The van der Waals surface area contributed by atoms with E-state index in [2.05, 4.69) is 12.2 Å². The summed E-state index contributed by atoms with van der Waals surface area (Å²) in [6.07, 6.45) is 11.8. The van der Waals surface area contributed by atoms with Crippen molar-refractivity contribution in [3.63, 3.8) is 0 Å². The van der Waals surface area contributed by atoms with E-state index in [1.54, 1.807) is 0 Å². The molecule has 2 aliphatic carbocycles. The van der Waals surface area contributed by atoms with Crippen LogP contribution in [0.4, 0.5) is 0 Å². The van der Waals surface area contributed by atoms with Gasteiger partial charge < -0.3 is 10.2 Å². The predicted molar refractivity (Wildman–Crippen MR) is 65.1 cm³/mol. The minimum Gasteiger partial charge on any atom is -0.392 e. The molecule has 0 amide bonds. The highest BCUT2D eigenvalue weighted by atomic mass is 16.3. The quantitative estimate of drug-likeness (QED) is 0.720. The zero-order chi connectivity index (χ0) is 11.4. The molecule has 0 fully saturated rings. The van der Waals surface area contributed by atoms with Crippen LogP contribution in [0.15, 0.2) is 23.3 Å². The van der Waals surface area contributed by atoms with Crippen LogP contribution in [0.5, 0.6) is 0 Å². The Morgan fingerprint density at radius 3 is 2.81 bits per heavy atom. The summed E-state index contributed by atoms with van der Waals surface area (Å²) in [4.78, 5) is 0. The molecule has 0 aromatic heterocycles. The Labute approximate surface area is 97.7 Å². The van der Waals surface area contributed by atoms with E-state index in [1.165, 1.54) is 18.4 Å². The highest BCUT2D eigenvalue weighted by Crippen LogP contribution is 2.31. The first-order valence-corrected chi connectivity index (χ1v) is 6.48. The maximum atomic E-state index is 10.3. The average Bonchev–Trinajstić information content (AvgIpc) is 2.39. The molecule has 0 aromatic rings. The first-order valence-electron chi connectivity index (χ1n) is 6.48. The topological polar surface area (TPSA) is 40.5 Å². The largest absolute Gasteiger partial charge is 0.392 e. The Hall–Kier alpha value is -0.600. The predicted octanol–water partition coefficient (Wildman–Crippen LogP) is 2.57. The lowest BCUT2D eigenvalue weighted by atomic mass is 9.81. The molecular weight excluding hydrogens is 200 g/mol. The highest BCUT2D eigenvalue weighted by molar-refractivity contribution is 5.18. The molecule has 2 nitrogen and oxygen atoms in total. The normalized spacial score (nSPS) is 28.2. The summed E-state index contributed by atoms with van der Waals surface area (Å²) in [7, 11) is 0. The van der Waals surface area contributed by atoms with Gasteiger partial charge in [-0.1, -0.05) is 12.2 Å². The van der Waals surface area contributed by atoms with Gasteiger partial charge in [-0.05, 0) is 56.1 Å². The molecule has 0 aromatic carbocycles. The van der Waals surface area contributed by atoms with E-state index in [0.29, 0.717) is 0 Å². The molecule has 0 spiro atoms. The summed E-state index contributed by atoms with van der Waals surface area (Å²) >= 11 is 0. The second-order valence-electron chi connectivity index (χ2n) is 5.01. The van der Waals surface area contributed by atoms with Crippen LogP contribution in [-0.2, 0) is 0 Å². The van der Waals surface area contributed by atoms with Crippen molar-refractivity contribution in [2.45, 2.75) is 51.0 Å². The molecule has 2 rings (SSSR count). The SMILES string of the molecule is OCC1=CC(C(O)C2=CCCCC2)CCC1. The molecule has 2 N–H and O–H groups in total. The van der Waals surface area contributed by atoms with Crippen molar-refractivity contribution in [3.8, 4) is 0 Å². The van der Waals surface area contributed by atoms with E-state index in [-0.39, 0.29) is 18.6 Å². The van der Waals surface area contributed by atoms with Gasteiger partial charge in [0.1, 0.15) is 0 Å². The number of rotatable bonds is 3. The van der Waals surface area contributed by atoms with Crippen molar-refractivity contribution in [1.29, 1.82) is 0 Å². The van der Waals surface area contributed by atoms with Crippen LogP contribution in [0.2, 0.25) is 0 Å². The molecule has 2 unspecified atom stereocenters. The van der Waals surface area contributed by atoms with Crippen molar-refractivity contribution >= 4 is 0 Å². The molecule has 0 aliphatic heterocycles. The summed E-state index contributed by atoms with van der Waals surface area (Å²) in [6.45, 7) is 0.155. The van der Waals surface area contributed by atoms with Crippen molar-refractivity contribution in [1.82, 2.24) is 0 Å². The number of hydrogen-bond acceptors (Lipinski definition) is 2. The molecule has 0 heterocycles. The molecule has 2 heteroatoms. The monoisotopic (exact) mass is 222 g/mol. The van der Waals surface area contributed by atoms with Crippen LogP contribution in [-0.4, -0.2) is 22.9 Å². The smallest absolute Gasteiger partial charge is 0.0812 e. The third kappa shape index (κ3) is 2.74. The van der Waals surface area contributed by atoms with Gasteiger partial charge in [0, 0.05) is 5.92 Å². The van der Waals surface area contributed by atoms with Crippen LogP contribution in [0.1, 0.15) is 44.9 Å². The molecular formula is C14H22O2. The standard InChI is InChI=1S/C14H22O2/c15-10-11-5-4-8-13(9-11)14(16)12-6-2-1-3-7-12/h6,9,13-16H,1-5,7-8,10H2. The summed E-state index contributed by atoms with van der Waals surface area (Å²) in [5.41, 5.74) is 2.33. The molecule has 90 valence electrons. The Bertz CT molecular complexity index is 291. The van der Waals surface area contributed by atoms with Gasteiger partial charge in [-0.3, -0.25) is 0 Å². The average molecular weight is 222 g/mol. The summed E-state index contributed by atoms with van der Waals surface area (Å²) in [6, 6.07) is 0. The zero-order valence-electron chi connectivity index (χ0n) is 9.86. The van der Waals surface area contributed by atoms with E-state index in [4.69, 9.17) is 5.11 Å². The van der Waals surface area contributed by atoms with E-state index >= 15 is 0 Å². The van der Waals surface area contributed by atoms with Crippen molar-refractivity contribution < 1.29 is 10.2 Å². The summed E-state index contributed by atoms with van der Waals surface area (Å²) in [5, 5.41) is 19.5. The lowest BCUT2D eigenvalue weighted by Gasteiger charge is -2.28. The van der Waals surface area contributed by atoms with Gasteiger partial charge in [0.2, 0.25) is 0 Å². The lowest BCUT2D eigenvalue weighted by Crippen LogP contribution is -2.24. The second kappa shape index (κ2) is 5.65. The molecule has 2 atom stereocenters. The van der Waals surface area contributed by atoms with E-state index in [9.17, 15) is 5.11 Å². The van der Waals surface area contributed by atoms with Crippen LogP contribution < -0.4 is 0 Å². The first-order chi connectivity index (χ1) is 7.81. The van der Waals surface area contributed by atoms with Crippen LogP contribution in [0.3, 0.4) is 0 Å². The summed E-state index contributed by atoms with van der Waals surface area (Å²) in [5.74, 6) is 0.236.